The van der Waals surface area contributed by atoms with E-state index in [-0.39, 0.29) is 31.4 Å². The van der Waals surface area contributed by atoms with Crippen LogP contribution in [-0.2, 0) is 4.79 Å². The molecule has 100 valence electrons. The van der Waals surface area contributed by atoms with Gasteiger partial charge in [0.05, 0.1) is 6.54 Å². The summed E-state index contributed by atoms with van der Waals surface area (Å²) >= 11 is 3.28. The Kier molecular flexibility index (Phi) is 4.16. The first kappa shape index (κ1) is 13.5. The van der Waals surface area contributed by atoms with E-state index < -0.39 is 6.03 Å². The van der Waals surface area contributed by atoms with E-state index in [9.17, 15) is 14.4 Å². The number of carbonyl (C=O) groups excluding carboxylic acids is 3. The normalized spacial score (nSPS) is 14.5. The van der Waals surface area contributed by atoms with Gasteiger partial charge in [-0.05, 0) is 18.2 Å². The van der Waals surface area contributed by atoms with Crippen LogP contribution in [0.1, 0.15) is 10.4 Å². The first-order chi connectivity index (χ1) is 9.08. The molecule has 0 bridgehead atoms. The summed E-state index contributed by atoms with van der Waals surface area (Å²) in [6.45, 7) is 0.424. The van der Waals surface area contributed by atoms with Crippen molar-refractivity contribution in [2.45, 2.75) is 0 Å². The number of rotatable bonds is 4. The number of urea groups is 1. The highest BCUT2D eigenvalue weighted by Gasteiger charge is 2.27. The number of carbonyl (C=O) groups is 3. The molecular formula is C12H12BrN3O3. The number of nitrogens with zero attached hydrogens (tertiary/aromatic N) is 1. The Labute approximate surface area is 118 Å². The van der Waals surface area contributed by atoms with E-state index >= 15 is 0 Å². The fourth-order valence-corrected chi connectivity index (χ4v) is 2.09. The van der Waals surface area contributed by atoms with Gasteiger partial charge in [0, 0.05) is 23.1 Å². The van der Waals surface area contributed by atoms with E-state index in [0.717, 1.165) is 9.37 Å². The Hall–Kier alpha value is -1.89. The largest absolute Gasteiger partial charge is 0.350 e. The van der Waals surface area contributed by atoms with Crippen molar-refractivity contribution in [2.75, 3.05) is 19.6 Å². The fraction of sp³-hybridized carbons (Fsp3) is 0.250. The van der Waals surface area contributed by atoms with Crippen molar-refractivity contribution in [1.29, 1.82) is 0 Å². The Morgan fingerprint density at radius 1 is 1.42 bits per heavy atom. The maximum Gasteiger partial charge on any atom is 0.324 e. The number of hydrogen-bond acceptors (Lipinski definition) is 3. The van der Waals surface area contributed by atoms with Crippen LogP contribution in [0.15, 0.2) is 28.7 Å². The molecule has 0 radical (unpaired) electrons. The van der Waals surface area contributed by atoms with E-state index in [1.165, 1.54) is 0 Å². The average Bonchev–Trinajstić information content (AvgIpc) is 2.70. The molecule has 1 saturated heterocycles. The van der Waals surface area contributed by atoms with Gasteiger partial charge in [-0.1, -0.05) is 22.0 Å². The van der Waals surface area contributed by atoms with Gasteiger partial charge in [-0.2, -0.15) is 0 Å². The zero-order valence-electron chi connectivity index (χ0n) is 9.98. The first-order valence-electron chi connectivity index (χ1n) is 5.70. The van der Waals surface area contributed by atoms with Gasteiger partial charge in [0.1, 0.15) is 0 Å². The summed E-state index contributed by atoms with van der Waals surface area (Å²) in [4.78, 5) is 35.4. The molecule has 1 aromatic carbocycles. The number of imide groups is 1. The van der Waals surface area contributed by atoms with Crippen LogP contribution in [0.3, 0.4) is 0 Å². The number of nitrogens with one attached hydrogen (secondary N) is 2. The van der Waals surface area contributed by atoms with Crippen LogP contribution in [-0.4, -0.2) is 42.4 Å². The van der Waals surface area contributed by atoms with Gasteiger partial charge in [-0.3, -0.25) is 14.5 Å². The highest BCUT2D eigenvalue weighted by molar-refractivity contribution is 9.10. The second-order valence-electron chi connectivity index (χ2n) is 3.97. The van der Waals surface area contributed by atoms with Gasteiger partial charge in [0.25, 0.3) is 5.91 Å². The summed E-state index contributed by atoms with van der Waals surface area (Å²) in [5, 5.41) is 5.08. The summed E-state index contributed by atoms with van der Waals surface area (Å²) < 4.78 is 0.814. The molecule has 2 N–H and O–H groups in total. The summed E-state index contributed by atoms with van der Waals surface area (Å²) in [6.07, 6.45) is 0. The molecule has 4 amide bonds. The molecule has 0 atom stereocenters. The lowest BCUT2D eigenvalue weighted by Gasteiger charge is -2.12. The molecule has 19 heavy (non-hydrogen) atoms. The van der Waals surface area contributed by atoms with E-state index in [0.29, 0.717) is 5.56 Å². The predicted molar refractivity (Wildman–Crippen MR) is 71.6 cm³/mol. The van der Waals surface area contributed by atoms with Gasteiger partial charge < -0.3 is 10.6 Å². The Bertz CT molecular complexity index is 517. The quantitative estimate of drug-likeness (QED) is 0.801. The number of amides is 4. The van der Waals surface area contributed by atoms with Gasteiger partial charge >= 0.3 is 6.03 Å². The Balaban J connectivity index is 1.84. The van der Waals surface area contributed by atoms with Crippen molar-refractivity contribution in [3.63, 3.8) is 0 Å². The number of benzene rings is 1. The third-order valence-corrected chi connectivity index (χ3v) is 3.14. The predicted octanol–water partition coefficient (Wildman–Crippen LogP) is 0.731. The summed E-state index contributed by atoms with van der Waals surface area (Å²) in [7, 11) is 0. The molecule has 1 heterocycles. The summed E-state index contributed by atoms with van der Waals surface area (Å²) in [5.74, 6) is -0.518. The first-order valence-corrected chi connectivity index (χ1v) is 6.49. The van der Waals surface area contributed by atoms with E-state index in [1.807, 2.05) is 6.07 Å². The highest BCUT2D eigenvalue weighted by Crippen LogP contribution is 2.11. The molecule has 1 aliphatic heterocycles. The monoisotopic (exact) mass is 325 g/mol. The zero-order chi connectivity index (χ0) is 13.8. The molecule has 1 aliphatic rings. The molecule has 0 unspecified atom stereocenters. The SMILES string of the molecule is O=C(NCCN1C(=O)CNC1=O)c1cccc(Br)c1. The second kappa shape index (κ2) is 5.83. The van der Waals surface area contributed by atoms with Crippen LogP contribution in [0.2, 0.25) is 0 Å². The van der Waals surface area contributed by atoms with Crippen molar-refractivity contribution < 1.29 is 14.4 Å². The van der Waals surface area contributed by atoms with Gasteiger partial charge in [-0.25, -0.2) is 4.79 Å². The molecule has 0 aromatic heterocycles. The molecule has 1 fully saturated rings. The van der Waals surface area contributed by atoms with Crippen LogP contribution in [0, 0.1) is 0 Å². The van der Waals surface area contributed by atoms with Crippen molar-refractivity contribution in [1.82, 2.24) is 15.5 Å². The van der Waals surface area contributed by atoms with Crippen LogP contribution in [0.4, 0.5) is 4.79 Å². The van der Waals surface area contributed by atoms with Crippen LogP contribution >= 0.6 is 15.9 Å². The van der Waals surface area contributed by atoms with Crippen molar-refractivity contribution >= 4 is 33.8 Å². The van der Waals surface area contributed by atoms with Gasteiger partial charge in [0.2, 0.25) is 5.91 Å². The summed E-state index contributed by atoms with van der Waals surface area (Å²) in [5.41, 5.74) is 0.520. The standard InChI is InChI=1S/C12H12BrN3O3/c13-9-3-1-2-8(6-9)11(18)14-4-5-16-10(17)7-15-12(16)19/h1-3,6H,4-5,7H2,(H,14,18)(H,15,19). The van der Waals surface area contributed by atoms with Crippen molar-refractivity contribution in [3.05, 3.63) is 34.3 Å². The topological polar surface area (TPSA) is 78.5 Å². The van der Waals surface area contributed by atoms with Gasteiger partial charge in [0.15, 0.2) is 0 Å². The Morgan fingerprint density at radius 3 is 2.84 bits per heavy atom. The van der Waals surface area contributed by atoms with Crippen molar-refractivity contribution in [3.8, 4) is 0 Å². The molecule has 6 nitrogen and oxygen atoms in total. The van der Waals surface area contributed by atoms with E-state index in [4.69, 9.17) is 0 Å². The molecule has 0 spiro atoms. The minimum absolute atomic E-state index is 0.0262. The van der Waals surface area contributed by atoms with Crippen molar-refractivity contribution in [2.24, 2.45) is 0 Å². The fourth-order valence-electron chi connectivity index (χ4n) is 1.69. The summed E-state index contributed by atoms with van der Waals surface area (Å²) in [6, 6.07) is 6.55. The lowest BCUT2D eigenvalue weighted by atomic mass is 10.2. The van der Waals surface area contributed by atoms with E-state index in [2.05, 4.69) is 26.6 Å². The zero-order valence-corrected chi connectivity index (χ0v) is 11.6. The van der Waals surface area contributed by atoms with Crippen LogP contribution < -0.4 is 10.6 Å². The highest BCUT2D eigenvalue weighted by atomic mass is 79.9. The molecule has 0 aliphatic carbocycles. The lowest BCUT2D eigenvalue weighted by Crippen LogP contribution is -2.38. The number of halogens is 1. The third kappa shape index (κ3) is 3.31. The Morgan fingerprint density at radius 2 is 2.21 bits per heavy atom. The molecule has 1 aromatic rings. The minimum Gasteiger partial charge on any atom is -0.350 e. The molecule has 0 saturated carbocycles. The van der Waals surface area contributed by atoms with E-state index in [1.54, 1.807) is 18.2 Å². The smallest absolute Gasteiger partial charge is 0.324 e. The van der Waals surface area contributed by atoms with Crippen LogP contribution in [0.5, 0.6) is 0 Å². The number of hydrogen-bond donors (Lipinski definition) is 2. The van der Waals surface area contributed by atoms with Gasteiger partial charge in [-0.15, -0.1) is 0 Å². The maximum absolute atomic E-state index is 11.8. The minimum atomic E-state index is -0.415. The lowest BCUT2D eigenvalue weighted by molar-refractivity contribution is -0.124. The molecular weight excluding hydrogens is 314 g/mol. The second-order valence-corrected chi connectivity index (χ2v) is 4.89. The molecule has 2 rings (SSSR count). The maximum atomic E-state index is 11.8. The molecule has 7 heteroatoms. The average molecular weight is 326 g/mol. The van der Waals surface area contributed by atoms with Crippen LogP contribution in [0.25, 0.3) is 0 Å². The third-order valence-electron chi connectivity index (χ3n) is 2.64.